The lowest BCUT2D eigenvalue weighted by molar-refractivity contribution is 0.618. The minimum Gasteiger partial charge on any atom is -0.381 e. The Morgan fingerprint density at radius 1 is 0.917 bits per heavy atom. The van der Waals surface area contributed by atoms with Crippen LogP contribution in [0, 0.1) is 19.7 Å². The third-order valence-corrected chi connectivity index (χ3v) is 5.03. The average molecular weight is 337 g/mol. The van der Waals surface area contributed by atoms with E-state index in [9.17, 15) is 4.39 Å². The van der Waals surface area contributed by atoms with Gasteiger partial charge in [0.25, 0.3) is 0 Å². The molecule has 0 amide bonds. The summed E-state index contributed by atoms with van der Waals surface area (Å²) in [4.78, 5) is 2.42. The monoisotopic (exact) mass is 337 g/mol. The lowest BCUT2D eigenvalue weighted by Crippen LogP contribution is -2.03. The van der Waals surface area contributed by atoms with E-state index in [2.05, 4.69) is 29.6 Å². The number of anilines is 1. The quantitative estimate of drug-likeness (QED) is 0.594. The predicted octanol–water partition coefficient (Wildman–Crippen LogP) is 6.21. The standard InChI is InChI=1S/C21H20FNS/c1-15-12-19(22)16(2)20(13-15)23-14-17-8-6-7-11-21(17)24-18-9-4-3-5-10-18/h3-13,23H,14H2,1-2H3. The smallest absolute Gasteiger partial charge is 0.128 e. The zero-order valence-corrected chi connectivity index (χ0v) is 14.7. The minimum absolute atomic E-state index is 0.163. The molecule has 3 rings (SSSR count). The van der Waals surface area contributed by atoms with Gasteiger partial charge in [0.15, 0.2) is 0 Å². The molecule has 0 atom stereocenters. The van der Waals surface area contributed by atoms with E-state index in [-0.39, 0.29) is 5.82 Å². The van der Waals surface area contributed by atoms with Gasteiger partial charge in [-0.3, -0.25) is 0 Å². The van der Waals surface area contributed by atoms with Crippen LogP contribution in [-0.4, -0.2) is 0 Å². The molecule has 0 spiro atoms. The highest BCUT2D eigenvalue weighted by Crippen LogP contribution is 2.31. The Kier molecular flexibility index (Phi) is 5.21. The normalized spacial score (nSPS) is 10.6. The van der Waals surface area contributed by atoms with Crippen molar-refractivity contribution in [2.45, 2.75) is 30.2 Å². The van der Waals surface area contributed by atoms with E-state index < -0.39 is 0 Å². The first kappa shape index (κ1) is 16.6. The third-order valence-electron chi connectivity index (χ3n) is 3.90. The Morgan fingerprint density at radius 3 is 2.42 bits per heavy atom. The topological polar surface area (TPSA) is 12.0 Å². The predicted molar refractivity (Wildman–Crippen MR) is 100 cm³/mol. The van der Waals surface area contributed by atoms with Gasteiger partial charge in [-0.1, -0.05) is 48.2 Å². The van der Waals surface area contributed by atoms with Crippen LogP contribution in [0.4, 0.5) is 10.1 Å². The van der Waals surface area contributed by atoms with Crippen molar-refractivity contribution in [2.24, 2.45) is 0 Å². The van der Waals surface area contributed by atoms with Crippen LogP contribution in [0.15, 0.2) is 76.5 Å². The zero-order valence-electron chi connectivity index (χ0n) is 13.8. The molecule has 0 aliphatic heterocycles. The third kappa shape index (κ3) is 3.98. The fourth-order valence-corrected chi connectivity index (χ4v) is 3.52. The Hall–Kier alpha value is -2.26. The molecule has 0 unspecified atom stereocenters. The average Bonchev–Trinajstić information content (AvgIpc) is 2.59. The summed E-state index contributed by atoms with van der Waals surface area (Å²) in [5.74, 6) is -0.163. The van der Waals surface area contributed by atoms with Gasteiger partial charge in [-0.25, -0.2) is 4.39 Å². The molecule has 1 nitrogen and oxygen atoms in total. The van der Waals surface area contributed by atoms with Crippen molar-refractivity contribution in [1.29, 1.82) is 0 Å². The molecule has 122 valence electrons. The van der Waals surface area contributed by atoms with Crippen molar-refractivity contribution in [3.8, 4) is 0 Å². The van der Waals surface area contributed by atoms with Gasteiger partial charge in [-0.2, -0.15) is 0 Å². The zero-order chi connectivity index (χ0) is 16.9. The molecule has 3 aromatic rings. The van der Waals surface area contributed by atoms with Crippen LogP contribution in [0.25, 0.3) is 0 Å². The number of hydrogen-bond donors (Lipinski definition) is 1. The van der Waals surface area contributed by atoms with Crippen molar-refractivity contribution in [3.05, 3.63) is 89.2 Å². The van der Waals surface area contributed by atoms with Crippen molar-refractivity contribution in [3.63, 3.8) is 0 Å². The summed E-state index contributed by atoms with van der Waals surface area (Å²) in [6.45, 7) is 4.38. The summed E-state index contributed by atoms with van der Waals surface area (Å²) in [6.07, 6.45) is 0. The molecule has 0 fully saturated rings. The van der Waals surface area contributed by atoms with Gasteiger partial charge in [0.1, 0.15) is 5.82 Å². The number of halogens is 1. The first-order valence-corrected chi connectivity index (χ1v) is 8.76. The second kappa shape index (κ2) is 7.54. The summed E-state index contributed by atoms with van der Waals surface area (Å²) in [5.41, 5.74) is 3.64. The molecule has 0 aromatic heterocycles. The Labute approximate surface area is 146 Å². The van der Waals surface area contributed by atoms with E-state index in [0.29, 0.717) is 12.1 Å². The number of rotatable bonds is 5. The van der Waals surface area contributed by atoms with E-state index in [1.54, 1.807) is 17.8 Å². The maximum absolute atomic E-state index is 13.9. The van der Waals surface area contributed by atoms with Gasteiger partial charge in [-0.15, -0.1) is 0 Å². The van der Waals surface area contributed by atoms with Crippen molar-refractivity contribution in [1.82, 2.24) is 0 Å². The molecule has 0 saturated heterocycles. The highest BCUT2D eigenvalue weighted by atomic mass is 32.2. The molecule has 0 saturated carbocycles. The molecule has 0 heterocycles. The number of hydrogen-bond acceptors (Lipinski definition) is 2. The molecule has 0 aliphatic carbocycles. The molecule has 0 radical (unpaired) electrons. The van der Waals surface area contributed by atoms with Crippen molar-refractivity contribution >= 4 is 17.4 Å². The largest absolute Gasteiger partial charge is 0.381 e. The second-order valence-electron chi connectivity index (χ2n) is 5.80. The molecule has 24 heavy (non-hydrogen) atoms. The van der Waals surface area contributed by atoms with E-state index in [4.69, 9.17) is 0 Å². The van der Waals surface area contributed by atoms with Crippen LogP contribution in [0.5, 0.6) is 0 Å². The molecule has 0 aliphatic rings. The lowest BCUT2D eigenvalue weighted by Gasteiger charge is -2.14. The van der Waals surface area contributed by atoms with E-state index in [0.717, 1.165) is 11.3 Å². The number of benzene rings is 3. The van der Waals surface area contributed by atoms with Gasteiger partial charge >= 0.3 is 0 Å². The summed E-state index contributed by atoms with van der Waals surface area (Å²) in [5, 5.41) is 3.38. The van der Waals surface area contributed by atoms with Crippen LogP contribution in [-0.2, 0) is 6.54 Å². The summed E-state index contributed by atoms with van der Waals surface area (Å²) >= 11 is 1.75. The SMILES string of the molecule is Cc1cc(F)c(C)c(NCc2ccccc2Sc2ccccc2)c1. The highest BCUT2D eigenvalue weighted by Gasteiger charge is 2.08. The van der Waals surface area contributed by atoms with Gasteiger partial charge in [0, 0.05) is 27.6 Å². The van der Waals surface area contributed by atoms with Gasteiger partial charge in [0.2, 0.25) is 0 Å². The van der Waals surface area contributed by atoms with Crippen LogP contribution in [0.1, 0.15) is 16.7 Å². The molecule has 3 heteroatoms. The Bertz CT molecular complexity index is 830. The van der Waals surface area contributed by atoms with Gasteiger partial charge in [-0.05, 0) is 55.3 Å². The molecular weight excluding hydrogens is 317 g/mol. The Balaban J connectivity index is 1.79. The minimum atomic E-state index is -0.163. The fourth-order valence-electron chi connectivity index (χ4n) is 2.55. The molecular formula is C21H20FNS. The second-order valence-corrected chi connectivity index (χ2v) is 6.91. The first-order valence-electron chi connectivity index (χ1n) is 7.95. The van der Waals surface area contributed by atoms with E-state index >= 15 is 0 Å². The van der Waals surface area contributed by atoms with Gasteiger partial charge < -0.3 is 5.32 Å². The maximum atomic E-state index is 13.9. The molecule has 0 bridgehead atoms. The van der Waals surface area contributed by atoms with Crippen molar-refractivity contribution in [2.75, 3.05) is 5.32 Å². The first-order chi connectivity index (χ1) is 11.6. The fraction of sp³-hybridized carbons (Fsp3) is 0.143. The Morgan fingerprint density at radius 2 is 1.62 bits per heavy atom. The van der Waals surface area contributed by atoms with E-state index in [1.807, 2.05) is 50.2 Å². The van der Waals surface area contributed by atoms with E-state index in [1.165, 1.54) is 15.4 Å². The summed E-state index contributed by atoms with van der Waals surface area (Å²) in [7, 11) is 0. The van der Waals surface area contributed by atoms with Gasteiger partial charge in [0.05, 0.1) is 0 Å². The molecule has 1 N–H and O–H groups in total. The summed E-state index contributed by atoms with van der Waals surface area (Å²) in [6, 6.07) is 22.2. The highest BCUT2D eigenvalue weighted by molar-refractivity contribution is 7.99. The van der Waals surface area contributed by atoms with Crippen LogP contribution >= 0.6 is 11.8 Å². The maximum Gasteiger partial charge on any atom is 0.128 e. The number of nitrogens with one attached hydrogen (secondary N) is 1. The van der Waals surface area contributed by atoms with Crippen LogP contribution < -0.4 is 5.32 Å². The molecule has 3 aromatic carbocycles. The van der Waals surface area contributed by atoms with Crippen molar-refractivity contribution < 1.29 is 4.39 Å². The van der Waals surface area contributed by atoms with Crippen LogP contribution in [0.3, 0.4) is 0 Å². The number of aryl methyl sites for hydroxylation is 1. The lowest BCUT2D eigenvalue weighted by atomic mass is 10.1. The summed E-state index contributed by atoms with van der Waals surface area (Å²) < 4.78 is 13.9. The van der Waals surface area contributed by atoms with Crippen LogP contribution in [0.2, 0.25) is 0 Å².